The number of nitrogens with zero attached hydrogens (tertiary/aromatic N) is 3. The summed E-state index contributed by atoms with van der Waals surface area (Å²) in [6, 6.07) is 0. The third-order valence-electron chi connectivity index (χ3n) is 3.61. The highest BCUT2D eigenvalue weighted by molar-refractivity contribution is 4.89. The van der Waals surface area contributed by atoms with Crippen molar-refractivity contribution < 1.29 is 0 Å². The van der Waals surface area contributed by atoms with Crippen molar-refractivity contribution >= 4 is 0 Å². The Morgan fingerprint density at radius 1 is 1.41 bits per heavy atom. The third-order valence-corrected chi connectivity index (χ3v) is 3.61. The number of hydrogen-bond acceptors (Lipinski definition) is 3. The smallest absolute Gasteiger partial charge is 0.133 e. The van der Waals surface area contributed by atoms with Crippen LogP contribution >= 0.6 is 0 Å². The molecule has 0 aromatic carbocycles. The maximum atomic E-state index is 4.29. The average Bonchev–Trinajstić information content (AvgIpc) is 2.61. The SMILES string of the molecule is CCCCn1cnnc1CC1CCCNCC1. The fraction of sp³-hybridized carbons (Fsp3) is 0.846. The van der Waals surface area contributed by atoms with Gasteiger partial charge in [0.15, 0.2) is 0 Å². The summed E-state index contributed by atoms with van der Waals surface area (Å²) in [5.41, 5.74) is 0. The zero-order valence-electron chi connectivity index (χ0n) is 10.9. The summed E-state index contributed by atoms with van der Waals surface area (Å²) in [5.74, 6) is 1.97. The van der Waals surface area contributed by atoms with E-state index in [-0.39, 0.29) is 0 Å². The lowest BCUT2D eigenvalue weighted by Gasteiger charge is -2.13. The molecular formula is C13H24N4. The third kappa shape index (κ3) is 3.80. The molecule has 1 aliphatic rings. The Bertz CT molecular complexity index is 313. The number of aromatic nitrogens is 3. The van der Waals surface area contributed by atoms with E-state index in [1.165, 1.54) is 44.5 Å². The van der Waals surface area contributed by atoms with Gasteiger partial charge in [-0.15, -0.1) is 10.2 Å². The molecule has 1 fully saturated rings. The van der Waals surface area contributed by atoms with Crippen LogP contribution in [-0.4, -0.2) is 27.9 Å². The number of aryl methyl sites for hydroxylation is 1. The molecule has 4 nitrogen and oxygen atoms in total. The molecule has 1 unspecified atom stereocenters. The minimum Gasteiger partial charge on any atom is -0.318 e. The van der Waals surface area contributed by atoms with Gasteiger partial charge in [-0.25, -0.2) is 0 Å². The van der Waals surface area contributed by atoms with Crippen molar-refractivity contribution in [1.82, 2.24) is 20.1 Å². The second-order valence-electron chi connectivity index (χ2n) is 5.05. The van der Waals surface area contributed by atoms with Crippen LogP contribution in [-0.2, 0) is 13.0 Å². The van der Waals surface area contributed by atoms with Crippen LogP contribution in [0.4, 0.5) is 0 Å². The fourth-order valence-corrected chi connectivity index (χ4v) is 2.51. The van der Waals surface area contributed by atoms with Crippen LogP contribution in [0.1, 0.15) is 44.9 Å². The van der Waals surface area contributed by atoms with E-state index in [1.807, 2.05) is 6.33 Å². The highest BCUT2D eigenvalue weighted by atomic mass is 15.3. The van der Waals surface area contributed by atoms with E-state index in [2.05, 4.69) is 27.0 Å². The standard InChI is InChI=1S/C13H24N4/c1-2-3-9-17-11-15-16-13(17)10-12-5-4-7-14-8-6-12/h11-12,14H,2-10H2,1H3. The molecule has 1 N–H and O–H groups in total. The lowest BCUT2D eigenvalue weighted by atomic mass is 9.96. The molecular weight excluding hydrogens is 212 g/mol. The minimum absolute atomic E-state index is 0.787. The van der Waals surface area contributed by atoms with Gasteiger partial charge in [-0.3, -0.25) is 0 Å². The number of nitrogens with one attached hydrogen (secondary N) is 1. The molecule has 0 bridgehead atoms. The van der Waals surface area contributed by atoms with Crippen LogP contribution in [0.15, 0.2) is 6.33 Å². The Morgan fingerprint density at radius 3 is 3.24 bits per heavy atom. The molecule has 0 amide bonds. The lowest BCUT2D eigenvalue weighted by Crippen LogP contribution is -2.15. The predicted molar refractivity (Wildman–Crippen MR) is 68.8 cm³/mol. The van der Waals surface area contributed by atoms with E-state index in [4.69, 9.17) is 0 Å². The van der Waals surface area contributed by atoms with Gasteiger partial charge < -0.3 is 9.88 Å². The monoisotopic (exact) mass is 236 g/mol. The van der Waals surface area contributed by atoms with Gasteiger partial charge in [0, 0.05) is 13.0 Å². The van der Waals surface area contributed by atoms with E-state index in [9.17, 15) is 0 Å². The Hall–Kier alpha value is -0.900. The Labute approximate surface area is 104 Å². The molecule has 96 valence electrons. The van der Waals surface area contributed by atoms with Crippen LogP contribution in [0, 0.1) is 5.92 Å². The van der Waals surface area contributed by atoms with Gasteiger partial charge in [-0.1, -0.05) is 13.3 Å². The summed E-state index contributed by atoms with van der Waals surface area (Å²) in [4.78, 5) is 0. The molecule has 1 saturated heterocycles. The first-order valence-corrected chi connectivity index (χ1v) is 6.97. The minimum atomic E-state index is 0.787. The van der Waals surface area contributed by atoms with Gasteiger partial charge >= 0.3 is 0 Å². The lowest BCUT2D eigenvalue weighted by molar-refractivity contribution is 0.445. The zero-order chi connectivity index (χ0) is 11.9. The van der Waals surface area contributed by atoms with E-state index in [0.717, 1.165) is 25.4 Å². The molecule has 2 heterocycles. The van der Waals surface area contributed by atoms with Gasteiger partial charge in [0.1, 0.15) is 12.2 Å². The van der Waals surface area contributed by atoms with E-state index >= 15 is 0 Å². The summed E-state index contributed by atoms with van der Waals surface area (Å²) >= 11 is 0. The number of rotatable bonds is 5. The Kier molecular flexibility index (Phi) is 4.98. The van der Waals surface area contributed by atoms with Crippen molar-refractivity contribution in [1.29, 1.82) is 0 Å². The molecule has 1 atom stereocenters. The van der Waals surface area contributed by atoms with Crippen LogP contribution in [0.3, 0.4) is 0 Å². The summed E-state index contributed by atoms with van der Waals surface area (Å²) in [6.07, 6.45) is 9.34. The van der Waals surface area contributed by atoms with Gasteiger partial charge in [-0.2, -0.15) is 0 Å². The van der Waals surface area contributed by atoms with Crippen LogP contribution in [0.25, 0.3) is 0 Å². The highest BCUT2D eigenvalue weighted by Gasteiger charge is 2.15. The van der Waals surface area contributed by atoms with Gasteiger partial charge in [-0.05, 0) is 44.7 Å². The molecule has 1 aromatic heterocycles. The predicted octanol–water partition coefficient (Wildman–Crippen LogP) is 2.01. The van der Waals surface area contributed by atoms with Gasteiger partial charge in [0.2, 0.25) is 0 Å². The van der Waals surface area contributed by atoms with Crippen molar-refractivity contribution in [2.24, 2.45) is 5.92 Å². The molecule has 0 aliphatic carbocycles. The van der Waals surface area contributed by atoms with Crippen LogP contribution < -0.4 is 5.32 Å². The normalized spacial score (nSPS) is 21.4. The Morgan fingerprint density at radius 2 is 2.35 bits per heavy atom. The summed E-state index contributed by atoms with van der Waals surface area (Å²) < 4.78 is 2.24. The first kappa shape index (κ1) is 12.6. The highest BCUT2D eigenvalue weighted by Crippen LogP contribution is 2.18. The van der Waals surface area contributed by atoms with Crippen molar-refractivity contribution in [3.05, 3.63) is 12.2 Å². The van der Waals surface area contributed by atoms with E-state index in [1.54, 1.807) is 0 Å². The first-order chi connectivity index (χ1) is 8.40. The number of hydrogen-bond donors (Lipinski definition) is 1. The molecule has 0 saturated carbocycles. The first-order valence-electron chi connectivity index (χ1n) is 6.97. The van der Waals surface area contributed by atoms with Crippen molar-refractivity contribution in [2.45, 2.75) is 52.0 Å². The van der Waals surface area contributed by atoms with Crippen LogP contribution in [0.5, 0.6) is 0 Å². The quantitative estimate of drug-likeness (QED) is 0.850. The molecule has 0 spiro atoms. The molecule has 1 aliphatic heterocycles. The summed E-state index contributed by atoms with van der Waals surface area (Å²) in [5, 5.41) is 11.8. The number of unbranched alkanes of at least 4 members (excludes halogenated alkanes) is 1. The molecule has 2 rings (SSSR count). The molecule has 4 heteroatoms. The maximum Gasteiger partial charge on any atom is 0.133 e. The maximum absolute atomic E-state index is 4.29. The zero-order valence-corrected chi connectivity index (χ0v) is 10.9. The fourth-order valence-electron chi connectivity index (χ4n) is 2.51. The Balaban J connectivity index is 1.90. The second kappa shape index (κ2) is 6.74. The largest absolute Gasteiger partial charge is 0.318 e. The van der Waals surface area contributed by atoms with E-state index in [0.29, 0.717) is 0 Å². The summed E-state index contributed by atoms with van der Waals surface area (Å²) in [6.45, 7) is 5.64. The molecule has 17 heavy (non-hydrogen) atoms. The molecule has 0 radical (unpaired) electrons. The van der Waals surface area contributed by atoms with E-state index < -0.39 is 0 Å². The topological polar surface area (TPSA) is 42.7 Å². The van der Waals surface area contributed by atoms with Gasteiger partial charge in [0.05, 0.1) is 0 Å². The second-order valence-corrected chi connectivity index (χ2v) is 5.05. The van der Waals surface area contributed by atoms with Crippen LogP contribution in [0.2, 0.25) is 0 Å². The molecule has 1 aromatic rings. The summed E-state index contributed by atoms with van der Waals surface area (Å²) in [7, 11) is 0. The van der Waals surface area contributed by atoms with Crippen molar-refractivity contribution in [3.63, 3.8) is 0 Å². The van der Waals surface area contributed by atoms with Gasteiger partial charge in [0.25, 0.3) is 0 Å². The van der Waals surface area contributed by atoms with Crippen molar-refractivity contribution in [2.75, 3.05) is 13.1 Å². The van der Waals surface area contributed by atoms with Crippen molar-refractivity contribution in [3.8, 4) is 0 Å². The average molecular weight is 236 g/mol.